The molecule has 0 N–H and O–H groups in total. The number of nitrogens with zero attached hydrogens (tertiary/aromatic N) is 3. The lowest BCUT2D eigenvalue weighted by molar-refractivity contribution is 0.0744. The average Bonchev–Trinajstić information content (AvgIpc) is 3.53. The SMILES string of the molecule is [B]OC(=O)c1cccc(Sc2c(C3CC3)n(-c3cnn(COCC[Si](C)(C)C)c3)c3c(F)c(Cl)ccc23)c1F. The Labute approximate surface area is 237 Å². The summed E-state index contributed by atoms with van der Waals surface area (Å²) in [6.07, 6.45) is 5.30. The maximum Gasteiger partial charge on any atom is 0.378 e. The van der Waals surface area contributed by atoms with Gasteiger partial charge in [0.1, 0.15) is 6.73 Å². The molecule has 0 saturated heterocycles. The number of hydrogen-bond donors (Lipinski definition) is 0. The molecular formula is C27H27BClF2N3O3SSi. The first-order chi connectivity index (χ1) is 18.6. The van der Waals surface area contributed by atoms with Gasteiger partial charge in [0.2, 0.25) is 0 Å². The molecule has 0 unspecified atom stereocenters. The standard InChI is InChI=1S/C27H27BClF2N3O3SSi/c1-39(2,3)12-11-36-15-33-14-17(13-32-33)34-24(16-7-8-16)26(19-9-10-20(29)23(31)25(19)34)38-21-6-4-5-18(22(21)30)27(35)37-28/h4-6,9-10,13-14,16H,7-8,11-12,15H2,1-3H3. The lowest BCUT2D eigenvalue weighted by atomic mass is 10.2. The lowest BCUT2D eigenvalue weighted by Crippen LogP contribution is -2.22. The molecule has 2 aromatic heterocycles. The Morgan fingerprint density at radius 3 is 2.67 bits per heavy atom. The van der Waals surface area contributed by atoms with Crippen molar-refractivity contribution in [1.29, 1.82) is 0 Å². The fourth-order valence-electron chi connectivity index (χ4n) is 4.40. The van der Waals surface area contributed by atoms with Crippen LogP contribution in [-0.2, 0) is 16.1 Å². The molecule has 1 saturated carbocycles. The monoisotopic (exact) mass is 585 g/mol. The normalized spacial score (nSPS) is 13.8. The molecule has 1 aliphatic rings. The summed E-state index contributed by atoms with van der Waals surface area (Å²) < 4.78 is 44.6. The number of carbonyl (C=O) groups excluding carboxylic acids is 1. The Kier molecular flexibility index (Phi) is 7.96. The molecule has 2 heterocycles. The summed E-state index contributed by atoms with van der Waals surface area (Å²) in [6.45, 7) is 7.81. The van der Waals surface area contributed by atoms with Crippen LogP contribution in [-0.4, -0.2) is 43.0 Å². The van der Waals surface area contributed by atoms with Crippen LogP contribution in [0.5, 0.6) is 0 Å². The summed E-state index contributed by atoms with van der Waals surface area (Å²) in [7, 11) is 3.77. The van der Waals surface area contributed by atoms with E-state index in [0.717, 1.165) is 36.3 Å². The Morgan fingerprint density at radius 1 is 1.21 bits per heavy atom. The Hall–Kier alpha value is -2.60. The molecule has 5 rings (SSSR count). The predicted molar refractivity (Wildman–Crippen MR) is 152 cm³/mol. The van der Waals surface area contributed by atoms with Crippen molar-refractivity contribution in [3.05, 3.63) is 70.6 Å². The van der Waals surface area contributed by atoms with Crippen molar-refractivity contribution in [1.82, 2.24) is 14.3 Å². The van der Waals surface area contributed by atoms with E-state index in [1.54, 1.807) is 29.1 Å². The number of ether oxygens (including phenoxy) is 1. The van der Waals surface area contributed by atoms with Gasteiger partial charge < -0.3 is 14.0 Å². The van der Waals surface area contributed by atoms with Crippen LogP contribution < -0.4 is 0 Å². The number of hydrogen-bond acceptors (Lipinski definition) is 5. The molecule has 6 nitrogen and oxygen atoms in total. The van der Waals surface area contributed by atoms with E-state index in [4.69, 9.17) is 24.4 Å². The Bertz CT molecular complexity index is 1550. The molecule has 4 aromatic rings. The molecule has 202 valence electrons. The third-order valence-electron chi connectivity index (χ3n) is 6.57. The van der Waals surface area contributed by atoms with E-state index in [0.29, 0.717) is 28.1 Å². The number of fused-ring (bicyclic) bond motifs is 1. The fourth-order valence-corrected chi connectivity index (χ4v) is 6.51. The zero-order valence-electron chi connectivity index (χ0n) is 21.8. The molecule has 12 heteroatoms. The highest BCUT2D eigenvalue weighted by Gasteiger charge is 2.35. The second-order valence-electron chi connectivity index (χ2n) is 10.8. The second-order valence-corrected chi connectivity index (χ2v) is 17.9. The second kappa shape index (κ2) is 11.1. The lowest BCUT2D eigenvalue weighted by Gasteiger charge is -2.15. The number of rotatable bonds is 10. The van der Waals surface area contributed by atoms with E-state index in [-0.39, 0.29) is 28.1 Å². The molecule has 2 radical (unpaired) electrons. The van der Waals surface area contributed by atoms with Gasteiger partial charge in [-0.15, -0.1) is 0 Å². The summed E-state index contributed by atoms with van der Waals surface area (Å²) in [4.78, 5) is 12.9. The van der Waals surface area contributed by atoms with Gasteiger partial charge >= 0.3 is 14.0 Å². The van der Waals surface area contributed by atoms with Crippen molar-refractivity contribution in [2.75, 3.05) is 6.61 Å². The molecule has 0 bridgehead atoms. The molecule has 39 heavy (non-hydrogen) atoms. The zero-order valence-corrected chi connectivity index (χ0v) is 24.4. The smallest absolute Gasteiger partial charge is 0.378 e. The van der Waals surface area contributed by atoms with Gasteiger partial charge in [0.15, 0.2) is 11.6 Å². The van der Waals surface area contributed by atoms with Crippen molar-refractivity contribution in [3.8, 4) is 5.69 Å². The molecule has 0 atom stereocenters. The van der Waals surface area contributed by atoms with Crippen LogP contribution in [0.25, 0.3) is 16.6 Å². The topological polar surface area (TPSA) is 58.3 Å². The van der Waals surface area contributed by atoms with Gasteiger partial charge in [0.25, 0.3) is 0 Å². The van der Waals surface area contributed by atoms with Crippen molar-refractivity contribution in [2.24, 2.45) is 0 Å². The molecule has 1 aliphatic carbocycles. The van der Waals surface area contributed by atoms with Gasteiger partial charge in [-0.2, -0.15) is 5.10 Å². The first-order valence-electron chi connectivity index (χ1n) is 12.6. The minimum Gasteiger partial charge on any atom is -0.540 e. The highest BCUT2D eigenvalue weighted by atomic mass is 35.5. The van der Waals surface area contributed by atoms with Crippen LogP contribution >= 0.6 is 23.4 Å². The number of halogens is 3. The van der Waals surface area contributed by atoms with Gasteiger partial charge in [-0.1, -0.05) is 49.1 Å². The largest absolute Gasteiger partial charge is 0.540 e. The maximum atomic E-state index is 15.7. The first-order valence-corrected chi connectivity index (χ1v) is 17.5. The van der Waals surface area contributed by atoms with Crippen LogP contribution in [0.15, 0.2) is 52.5 Å². The summed E-state index contributed by atoms with van der Waals surface area (Å²) in [5, 5.41) is 5.03. The number of benzene rings is 2. The van der Waals surface area contributed by atoms with Crippen molar-refractivity contribution in [2.45, 2.75) is 61.0 Å². The van der Waals surface area contributed by atoms with E-state index >= 15 is 8.78 Å². The zero-order chi connectivity index (χ0) is 27.9. The Balaban J connectivity index is 1.58. The van der Waals surface area contributed by atoms with Crippen LogP contribution in [0.2, 0.25) is 30.7 Å². The summed E-state index contributed by atoms with van der Waals surface area (Å²) in [5.41, 5.74) is 1.53. The summed E-state index contributed by atoms with van der Waals surface area (Å²) >= 11 is 7.37. The van der Waals surface area contributed by atoms with E-state index in [2.05, 4.69) is 29.4 Å². The van der Waals surface area contributed by atoms with Gasteiger partial charge in [-0.05, 0) is 43.2 Å². The molecule has 0 spiro atoms. The van der Waals surface area contributed by atoms with E-state index in [9.17, 15) is 4.79 Å². The summed E-state index contributed by atoms with van der Waals surface area (Å²) in [6, 6.07) is 8.70. The minimum absolute atomic E-state index is 0.0129. The molecule has 0 amide bonds. The summed E-state index contributed by atoms with van der Waals surface area (Å²) in [5.74, 6) is -2.15. The number of aromatic nitrogens is 3. The maximum absolute atomic E-state index is 15.7. The Morgan fingerprint density at radius 2 is 1.97 bits per heavy atom. The third-order valence-corrected chi connectivity index (χ3v) is 9.74. The third kappa shape index (κ3) is 5.82. The van der Waals surface area contributed by atoms with Crippen LogP contribution in [0, 0.1) is 11.6 Å². The highest BCUT2D eigenvalue weighted by molar-refractivity contribution is 7.99. The molecule has 1 fully saturated rings. The van der Waals surface area contributed by atoms with E-state index in [1.807, 2.05) is 10.8 Å². The van der Waals surface area contributed by atoms with Crippen molar-refractivity contribution >= 4 is 56.4 Å². The van der Waals surface area contributed by atoms with Gasteiger partial charge in [0, 0.05) is 41.5 Å². The van der Waals surface area contributed by atoms with Gasteiger partial charge in [-0.25, -0.2) is 18.3 Å². The minimum atomic E-state index is -1.22. The van der Waals surface area contributed by atoms with Gasteiger partial charge in [-0.3, -0.25) is 0 Å². The molecular weight excluding hydrogens is 559 g/mol. The van der Waals surface area contributed by atoms with E-state index < -0.39 is 25.7 Å². The molecule has 0 aliphatic heterocycles. The van der Waals surface area contributed by atoms with E-state index in [1.165, 1.54) is 12.1 Å². The van der Waals surface area contributed by atoms with Crippen LogP contribution in [0.3, 0.4) is 0 Å². The highest BCUT2D eigenvalue weighted by Crippen LogP contribution is 2.51. The van der Waals surface area contributed by atoms with Crippen molar-refractivity contribution < 1.29 is 23.0 Å². The van der Waals surface area contributed by atoms with Crippen LogP contribution in [0.4, 0.5) is 8.78 Å². The average molecular weight is 586 g/mol. The van der Waals surface area contributed by atoms with Crippen LogP contribution in [0.1, 0.15) is 34.8 Å². The van der Waals surface area contributed by atoms with Gasteiger partial charge in [0.05, 0.1) is 34.2 Å². The fraction of sp³-hybridized carbons (Fsp3) is 0.333. The predicted octanol–water partition coefficient (Wildman–Crippen LogP) is 7.34. The van der Waals surface area contributed by atoms with Crippen molar-refractivity contribution in [3.63, 3.8) is 0 Å². The quantitative estimate of drug-likeness (QED) is 0.144. The molecule has 2 aromatic carbocycles. The first kappa shape index (κ1) is 27.9. The number of carbonyl (C=O) groups is 1.